The second-order valence-corrected chi connectivity index (χ2v) is 7.33. The van der Waals surface area contributed by atoms with Gasteiger partial charge in [-0.25, -0.2) is 0 Å². The highest BCUT2D eigenvalue weighted by Gasteiger charge is 2.46. The maximum Gasteiger partial charge on any atom is 0.303 e. The standard InChI is InChI=1S/C24H25NO8/c1-31-16-9-6-14(7-10-16)22(28)20-21(15-8-11-17(32-2)18(13-15)33-3)25(24(30)23(20)29)12-4-5-19(26)27/h6-11,13,21,28H,4-5,12H2,1-3H3,(H,26,27)/b22-20+/t21-/m0/s1. The number of carbonyl (C=O) groups excluding carboxylic acids is 2. The summed E-state index contributed by atoms with van der Waals surface area (Å²) in [6, 6.07) is 10.4. The minimum absolute atomic E-state index is 0.0231. The second kappa shape index (κ2) is 10.1. The maximum atomic E-state index is 13.0. The number of aliphatic carboxylic acids is 1. The van der Waals surface area contributed by atoms with Crippen molar-refractivity contribution in [3.63, 3.8) is 0 Å². The Bertz CT molecular complexity index is 1090. The molecule has 174 valence electrons. The van der Waals surface area contributed by atoms with Crippen molar-refractivity contribution < 1.29 is 38.8 Å². The first-order valence-electron chi connectivity index (χ1n) is 10.2. The van der Waals surface area contributed by atoms with Gasteiger partial charge in [0.2, 0.25) is 0 Å². The number of methoxy groups -OCH3 is 3. The molecule has 1 aliphatic heterocycles. The fourth-order valence-corrected chi connectivity index (χ4v) is 3.79. The third-order valence-electron chi connectivity index (χ3n) is 5.42. The van der Waals surface area contributed by atoms with Crippen LogP contribution >= 0.6 is 0 Å². The van der Waals surface area contributed by atoms with Gasteiger partial charge in [0.05, 0.1) is 32.9 Å². The lowest BCUT2D eigenvalue weighted by molar-refractivity contribution is -0.140. The average Bonchev–Trinajstić information content (AvgIpc) is 3.08. The number of carbonyl (C=O) groups is 3. The van der Waals surface area contributed by atoms with Crippen molar-refractivity contribution in [1.82, 2.24) is 4.90 Å². The van der Waals surface area contributed by atoms with E-state index in [9.17, 15) is 19.5 Å². The number of ketones is 1. The van der Waals surface area contributed by atoms with E-state index in [1.807, 2.05) is 0 Å². The highest BCUT2D eigenvalue weighted by molar-refractivity contribution is 6.46. The van der Waals surface area contributed by atoms with Gasteiger partial charge in [-0.1, -0.05) is 6.07 Å². The van der Waals surface area contributed by atoms with E-state index in [1.54, 1.807) is 42.5 Å². The molecule has 1 fully saturated rings. The molecule has 1 saturated heterocycles. The summed E-state index contributed by atoms with van der Waals surface area (Å²) in [6.45, 7) is 0.0231. The third-order valence-corrected chi connectivity index (χ3v) is 5.42. The Morgan fingerprint density at radius 1 is 0.939 bits per heavy atom. The lowest BCUT2D eigenvalue weighted by Crippen LogP contribution is -2.31. The van der Waals surface area contributed by atoms with Crippen molar-refractivity contribution in [1.29, 1.82) is 0 Å². The Morgan fingerprint density at radius 3 is 2.18 bits per heavy atom. The van der Waals surface area contributed by atoms with E-state index in [2.05, 4.69) is 0 Å². The molecule has 0 unspecified atom stereocenters. The minimum Gasteiger partial charge on any atom is -0.507 e. The van der Waals surface area contributed by atoms with Crippen molar-refractivity contribution in [2.24, 2.45) is 0 Å². The zero-order valence-corrected chi connectivity index (χ0v) is 18.5. The van der Waals surface area contributed by atoms with Gasteiger partial charge in [0.15, 0.2) is 11.5 Å². The van der Waals surface area contributed by atoms with E-state index in [1.165, 1.54) is 26.2 Å². The van der Waals surface area contributed by atoms with E-state index in [0.29, 0.717) is 28.4 Å². The Hall–Kier alpha value is -4.01. The lowest BCUT2D eigenvalue weighted by atomic mass is 9.95. The second-order valence-electron chi connectivity index (χ2n) is 7.33. The maximum absolute atomic E-state index is 13.0. The molecule has 1 atom stereocenters. The molecule has 0 spiro atoms. The number of rotatable bonds is 9. The van der Waals surface area contributed by atoms with Crippen LogP contribution < -0.4 is 14.2 Å². The molecular weight excluding hydrogens is 430 g/mol. The molecule has 1 amide bonds. The van der Waals surface area contributed by atoms with Crippen molar-refractivity contribution in [3.05, 3.63) is 59.2 Å². The minimum atomic E-state index is -1.01. The number of carboxylic acids is 1. The number of aliphatic hydroxyl groups excluding tert-OH is 1. The van der Waals surface area contributed by atoms with Crippen LogP contribution in [-0.4, -0.2) is 60.6 Å². The van der Waals surface area contributed by atoms with Crippen LogP contribution in [0.2, 0.25) is 0 Å². The number of hydrogen-bond acceptors (Lipinski definition) is 7. The number of likely N-dealkylation sites (tertiary alicyclic amines) is 1. The predicted octanol–water partition coefficient (Wildman–Crippen LogP) is 3.00. The monoisotopic (exact) mass is 455 g/mol. The summed E-state index contributed by atoms with van der Waals surface area (Å²) in [5, 5.41) is 20.0. The molecule has 9 heteroatoms. The summed E-state index contributed by atoms with van der Waals surface area (Å²) in [5.41, 5.74) is 0.759. The smallest absolute Gasteiger partial charge is 0.303 e. The topological polar surface area (TPSA) is 123 Å². The molecular formula is C24H25NO8. The zero-order chi connectivity index (χ0) is 24.1. The Morgan fingerprint density at radius 2 is 1.61 bits per heavy atom. The van der Waals surface area contributed by atoms with Gasteiger partial charge < -0.3 is 29.3 Å². The quantitative estimate of drug-likeness (QED) is 0.336. The molecule has 33 heavy (non-hydrogen) atoms. The van der Waals surface area contributed by atoms with Crippen LogP contribution in [0.3, 0.4) is 0 Å². The summed E-state index contributed by atoms with van der Waals surface area (Å²) in [7, 11) is 4.45. The van der Waals surface area contributed by atoms with Gasteiger partial charge in [-0.3, -0.25) is 14.4 Å². The highest BCUT2D eigenvalue weighted by Crippen LogP contribution is 2.42. The van der Waals surface area contributed by atoms with E-state index >= 15 is 0 Å². The highest BCUT2D eigenvalue weighted by atomic mass is 16.5. The Labute approximate surface area is 190 Å². The van der Waals surface area contributed by atoms with E-state index in [0.717, 1.165) is 0 Å². The Kier molecular flexibility index (Phi) is 7.22. The van der Waals surface area contributed by atoms with Crippen molar-refractivity contribution in [3.8, 4) is 17.2 Å². The molecule has 2 aromatic rings. The first-order valence-corrected chi connectivity index (χ1v) is 10.2. The molecule has 0 bridgehead atoms. The molecule has 9 nitrogen and oxygen atoms in total. The first-order chi connectivity index (χ1) is 15.8. The van der Waals surface area contributed by atoms with Crippen LogP contribution in [0.15, 0.2) is 48.0 Å². The van der Waals surface area contributed by atoms with E-state index < -0.39 is 23.7 Å². The zero-order valence-electron chi connectivity index (χ0n) is 18.5. The molecule has 0 saturated carbocycles. The van der Waals surface area contributed by atoms with Crippen LogP contribution in [-0.2, 0) is 14.4 Å². The number of carboxylic acid groups (broad SMARTS) is 1. The SMILES string of the molecule is COc1ccc(/C(O)=C2\C(=O)C(=O)N(CCCC(=O)O)[C@H]2c2ccc(OC)c(OC)c2)cc1. The van der Waals surface area contributed by atoms with Crippen LogP contribution in [0.25, 0.3) is 5.76 Å². The van der Waals surface area contributed by atoms with Crippen molar-refractivity contribution >= 4 is 23.4 Å². The summed E-state index contributed by atoms with van der Waals surface area (Å²) >= 11 is 0. The molecule has 0 aromatic heterocycles. The van der Waals surface area contributed by atoms with Gasteiger partial charge in [-0.15, -0.1) is 0 Å². The summed E-state index contributed by atoms with van der Waals surface area (Å²) in [4.78, 5) is 38.2. The molecule has 3 rings (SSSR count). The number of amides is 1. The van der Waals surface area contributed by atoms with Gasteiger partial charge in [-0.05, 0) is 48.4 Å². The Balaban J connectivity index is 2.13. The number of benzene rings is 2. The normalized spacial score (nSPS) is 17.2. The molecule has 0 radical (unpaired) electrons. The van der Waals surface area contributed by atoms with Gasteiger partial charge in [-0.2, -0.15) is 0 Å². The number of ether oxygens (including phenoxy) is 3. The molecule has 2 aromatic carbocycles. The molecule has 1 heterocycles. The predicted molar refractivity (Wildman–Crippen MR) is 118 cm³/mol. The van der Waals surface area contributed by atoms with Crippen LogP contribution in [0.1, 0.15) is 30.0 Å². The third kappa shape index (κ3) is 4.77. The van der Waals surface area contributed by atoms with E-state index in [-0.39, 0.29) is 30.7 Å². The lowest BCUT2D eigenvalue weighted by Gasteiger charge is -2.25. The van der Waals surface area contributed by atoms with Crippen LogP contribution in [0, 0.1) is 0 Å². The number of nitrogens with zero attached hydrogens (tertiary/aromatic N) is 1. The average molecular weight is 455 g/mol. The molecule has 2 N–H and O–H groups in total. The fraction of sp³-hybridized carbons (Fsp3) is 0.292. The fourth-order valence-electron chi connectivity index (χ4n) is 3.79. The van der Waals surface area contributed by atoms with Crippen LogP contribution in [0.5, 0.6) is 17.2 Å². The van der Waals surface area contributed by atoms with Gasteiger partial charge in [0, 0.05) is 18.5 Å². The number of hydrogen-bond donors (Lipinski definition) is 2. The summed E-state index contributed by atoms with van der Waals surface area (Å²) in [5.74, 6) is -1.59. The molecule has 0 aliphatic carbocycles. The van der Waals surface area contributed by atoms with Gasteiger partial charge in [0.25, 0.3) is 11.7 Å². The van der Waals surface area contributed by atoms with Crippen molar-refractivity contribution in [2.75, 3.05) is 27.9 Å². The number of Topliss-reactive ketones (excluding diaryl/α,β-unsaturated/α-hetero) is 1. The summed E-state index contributed by atoms with van der Waals surface area (Å²) < 4.78 is 15.8. The van der Waals surface area contributed by atoms with Gasteiger partial charge >= 0.3 is 5.97 Å². The summed E-state index contributed by atoms with van der Waals surface area (Å²) in [6.07, 6.45) is -0.0190. The van der Waals surface area contributed by atoms with Gasteiger partial charge in [0.1, 0.15) is 11.5 Å². The largest absolute Gasteiger partial charge is 0.507 e. The van der Waals surface area contributed by atoms with Crippen molar-refractivity contribution in [2.45, 2.75) is 18.9 Å². The van der Waals surface area contributed by atoms with E-state index in [4.69, 9.17) is 19.3 Å². The molecule has 1 aliphatic rings. The first kappa shape index (κ1) is 23.6. The number of aliphatic hydroxyl groups is 1. The van der Waals surface area contributed by atoms with Crippen LogP contribution in [0.4, 0.5) is 0 Å².